The number of nitrogens with zero attached hydrogens (tertiary/aromatic N) is 2. The number of nitrogens with two attached hydrogens (primary N) is 1. The largest absolute Gasteiger partial charge is 0.368 e. The number of likely N-dealkylation sites (tertiary alicyclic amines) is 1. The van der Waals surface area contributed by atoms with E-state index in [-0.39, 0.29) is 6.03 Å². The Hall–Kier alpha value is -2.50. The Labute approximate surface area is 135 Å². The van der Waals surface area contributed by atoms with Gasteiger partial charge in [-0.15, -0.1) is 0 Å². The number of carbonyl (C=O) groups excluding carboxylic acids is 1. The quantitative estimate of drug-likeness (QED) is 0.891. The first kappa shape index (κ1) is 15.4. The standard InChI is InChI=1S/C17H22N4O2/c1-11-3-4-14(12(2)9-11)19-17(22)21-7-5-13(6-8-21)15-10-16(18)23-20-15/h3-4,9-10,13H,5-8,18H2,1-2H3,(H,19,22). The number of hydrogen-bond donors (Lipinski definition) is 2. The zero-order valence-corrected chi connectivity index (χ0v) is 13.5. The maximum absolute atomic E-state index is 12.4. The molecule has 1 aliphatic heterocycles. The summed E-state index contributed by atoms with van der Waals surface area (Å²) in [4.78, 5) is 14.3. The van der Waals surface area contributed by atoms with Crippen molar-refractivity contribution in [2.24, 2.45) is 0 Å². The van der Waals surface area contributed by atoms with E-state index >= 15 is 0 Å². The fourth-order valence-electron chi connectivity index (χ4n) is 3.02. The summed E-state index contributed by atoms with van der Waals surface area (Å²) in [6.07, 6.45) is 1.73. The Morgan fingerprint density at radius 3 is 2.65 bits per heavy atom. The van der Waals surface area contributed by atoms with Gasteiger partial charge in [0.1, 0.15) is 0 Å². The molecule has 3 rings (SSSR count). The number of amides is 2. The van der Waals surface area contributed by atoms with E-state index in [1.165, 1.54) is 5.56 Å². The van der Waals surface area contributed by atoms with Gasteiger partial charge in [0.05, 0.1) is 5.69 Å². The Morgan fingerprint density at radius 2 is 2.04 bits per heavy atom. The summed E-state index contributed by atoms with van der Waals surface area (Å²) >= 11 is 0. The van der Waals surface area contributed by atoms with Crippen LogP contribution in [0.3, 0.4) is 0 Å². The van der Waals surface area contributed by atoms with E-state index < -0.39 is 0 Å². The third kappa shape index (κ3) is 3.47. The topological polar surface area (TPSA) is 84.4 Å². The van der Waals surface area contributed by atoms with Crippen molar-refractivity contribution >= 4 is 17.6 Å². The number of aryl methyl sites for hydroxylation is 2. The highest BCUT2D eigenvalue weighted by Gasteiger charge is 2.26. The number of piperidine rings is 1. The van der Waals surface area contributed by atoms with E-state index in [2.05, 4.69) is 16.5 Å². The zero-order chi connectivity index (χ0) is 16.4. The van der Waals surface area contributed by atoms with Crippen LogP contribution >= 0.6 is 0 Å². The van der Waals surface area contributed by atoms with E-state index in [1.54, 1.807) is 6.07 Å². The highest BCUT2D eigenvalue weighted by atomic mass is 16.5. The molecule has 0 unspecified atom stereocenters. The molecule has 0 atom stereocenters. The second kappa shape index (κ2) is 6.32. The van der Waals surface area contributed by atoms with Crippen LogP contribution in [-0.2, 0) is 0 Å². The minimum atomic E-state index is -0.0462. The first-order valence-corrected chi connectivity index (χ1v) is 7.88. The van der Waals surface area contributed by atoms with Crippen molar-refractivity contribution in [3.05, 3.63) is 41.1 Å². The number of anilines is 2. The average Bonchev–Trinajstić information content (AvgIpc) is 2.97. The van der Waals surface area contributed by atoms with Crippen molar-refractivity contribution in [3.63, 3.8) is 0 Å². The number of nitrogens with one attached hydrogen (secondary N) is 1. The van der Waals surface area contributed by atoms with Crippen molar-refractivity contribution in [1.82, 2.24) is 10.1 Å². The van der Waals surface area contributed by atoms with Gasteiger partial charge >= 0.3 is 6.03 Å². The Morgan fingerprint density at radius 1 is 1.30 bits per heavy atom. The molecule has 3 N–H and O–H groups in total. The van der Waals surface area contributed by atoms with Crippen molar-refractivity contribution in [3.8, 4) is 0 Å². The second-order valence-electron chi connectivity index (χ2n) is 6.16. The predicted octanol–water partition coefficient (Wildman–Crippen LogP) is 3.29. The van der Waals surface area contributed by atoms with Crippen LogP contribution in [0.1, 0.15) is 35.6 Å². The van der Waals surface area contributed by atoms with Crippen molar-refractivity contribution in [1.29, 1.82) is 0 Å². The molecule has 2 aromatic rings. The lowest BCUT2D eigenvalue weighted by atomic mass is 9.94. The number of carbonyl (C=O) groups is 1. The molecule has 2 amide bonds. The van der Waals surface area contributed by atoms with Gasteiger partial charge in [-0.25, -0.2) is 4.79 Å². The lowest BCUT2D eigenvalue weighted by molar-refractivity contribution is 0.193. The van der Waals surface area contributed by atoms with Gasteiger partial charge in [0.15, 0.2) is 0 Å². The third-order valence-electron chi connectivity index (χ3n) is 4.37. The van der Waals surface area contributed by atoms with Crippen molar-refractivity contribution in [2.45, 2.75) is 32.6 Å². The Balaban J connectivity index is 1.58. The minimum Gasteiger partial charge on any atom is -0.368 e. The van der Waals surface area contributed by atoms with Crippen LogP contribution in [-0.4, -0.2) is 29.2 Å². The number of urea groups is 1. The van der Waals surface area contributed by atoms with Crippen LogP contribution in [0, 0.1) is 13.8 Å². The Bertz CT molecular complexity index is 702. The first-order chi connectivity index (χ1) is 11.0. The molecule has 0 spiro atoms. The van der Waals surface area contributed by atoms with E-state index in [9.17, 15) is 4.79 Å². The van der Waals surface area contributed by atoms with E-state index in [0.29, 0.717) is 24.9 Å². The van der Waals surface area contributed by atoms with Crippen LogP contribution in [0.25, 0.3) is 0 Å². The number of aromatic nitrogens is 1. The van der Waals surface area contributed by atoms with Gasteiger partial charge in [0.25, 0.3) is 0 Å². The summed E-state index contributed by atoms with van der Waals surface area (Å²) in [6.45, 7) is 5.45. The van der Waals surface area contributed by atoms with Gasteiger partial charge in [-0.1, -0.05) is 22.9 Å². The molecule has 1 saturated heterocycles. The van der Waals surface area contributed by atoms with Gasteiger partial charge in [-0.05, 0) is 38.3 Å². The Kier molecular flexibility index (Phi) is 4.23. The van der Waals surface area contributed by atoms with Gasteiger partial charge < -0.3 is 20.5 Å². The normalized spacial score (nSPS) is 15.7. The maximum Gasteiger partial charge on any atom is 0.321 e. The fraction of sp³-hybridized carbons (Fsp3) is 0.412. The molecule has 1 aromatic carbocycles. The third-order valence-corrected chi connectivity index (χ3v) is 4.37. The van der Waals surface area contributed by atoms with Crippen LogP contribution in [0.2, 0.25) is 0 Å². The summed E-state index contributed by atoms with van der Waals surface area (Å²) in [5, 5.41) is 6.98. The van der Waals surface area contributed by atoms with Crippen molar-refractivity contribution < 1.29 is 9.32 Å². The summed E-state index contributed by atoms with van der Waals surface area (Å²) in [5.41, 5.74) is 9.58. The number of hydrogen-bond acceptors (Lipinski definition) is 4. The fourth-order valence-corrected chi connectivity index (χ4v) is 3.02. The summed E-state index contributed by atoms with van der Waals surface area (Å²) in [6, 6.07) is 7.75. The summed E-state index contributed by atoms with van der Waals surface area (Å²) in [7, 11) is 0. The highest BCUT2D eigenvalue weighted by Crippen LogP contribution is 2.28. The van der Waals surface area contributed by atoms with E-state index in [1.807, 2.05) is 30.9 Å². The molecule has 0 bridgehead atoms. The molecule has 1 aromatic heterocycles. The first-order valence-electron chi connectivity index (χ1n) is 7.88. The average molecular weight is 314 g/mol. The molecule has 122 valence electrons. The maximum atomic E-state index is 12.4. The lowest BCUT2D eigenvalue weighted by Gasteiger charge is -2.31. The van der Waals surface area contributed by atoms with Crippen LogP contribution in [0.4, 0.5) is 16.4 Å². The van der Waals surface area contributed by atoms with Gasteiger partial charge in [0.2, 0.25) is 5.88 Å². The molecular formula is C17H22N4O2. The van der Waals surface area contributed by atoms with Gasteiger partial charge in [0, 0.05) is 30.8 Å². The highest BCUT2D eigenvalue weighted by molar-refractivity contribution is 5.90. The lowest BCUT2D eigenvalue weighted by Crippen LogP contribution is -2.40. The van der Waals surface area contributed by atoms with Gasteiger partial charge in [-0.2, -0.15) is 0 Å². The molecule has 0 saturated carbocycles. The molecule has 0 radical (unpaired) electrons. The van der Waals surface area contributed by atoms with Crippen LogP contribution in [0.15, 0.2) is 28.8 Å². The van der Waals surface area contributed by atoms with Crippen LogP contribution in [0.5, 0.6) is 0 Å². The smallest absolute Gasteiger partial charge is 0.321 e. The monoisotopic (exact) mass is 314 g/mol. The molecule has 0 aliphatic carbocycles. The van der Waals surface area contributed by atoms with Crippen LogP contribution < -0.4 is 11.1 Å². The minimum absolute atomic E-state index is 0.0462. The predicted molar refractivity (Wildman–Crippen MR) is 89.4 cm³/mol. The second-order valence-corrected chi connectivity index (χ2v) is 6.16. The number of nitrogen functional groups attached to an aromatic ring is 1. The van der Waals surface area contributed by atoms with Gasteiger partial charge in [-0.3, -0.25) is 0 Å². The van der Waals surface area contributed by atoms with E-state index in [0.717, 1.165) is 29.8 Å². The molecule has 6 heteroatoms. The molecule has 6 nitrogen and oxygen atoms in total. The zero-order valence-electron chi connectivity index (χ0n) is 13.5. The SMILES string of the molecule is Cc1ccc(NC(=O)N2CCC(c3cc(N)on3)CC2)c(C)c1. The van der Waals surface area contributed by atoms with E-state index in [4.69, 9.17) is 10.3 Å². The summed E-state index contributed by atoms with van der Waals surface area (Å²) in [5.74, 6) is 0.649. The molecule has 1 fully saturated rings. The van der Waals surface area contributed by atoms with Crippen molar-refractivity contribution in [2.75, 3.05) is 24.1 Å². The molecule has 23 heavy (non-hydrogen) atoms. The number of rotatable bonds is 2. The summed E-state index contributed by atoms with van der Waals surface area (Å²) < 4.78 is 4.93. The molecular weight excluding hydrogens is 292 g/mol. The molecule has 1 aliphatic rings. The molecule has 2 heterocycles. The number of benzene rings is 1.